The number of ether oxygens (including phenoxy) is 1. The number of carbonyl (C=O) groups is 1. The summed E-state index contributed by atoms with van der Waals surface area (Å²) in [6, 6.07) is 29.5. The quantitative estimate of drug-likeness (QED) is 0.196. The van der Waals surface area contributed by atoms with Crippen molar-refractivity contribution in [1.82, 2.24) is 14.5 Å². The highest BCUT2D eigenvalue weighted by molar-refractivity contribution is 6.30. The minimum absolute atomic E-state index is 0.231. The second kappa shape index (κ2) is 11.3. The van der Waals surface area contributed by atoms with Gasteiger partial charge in [0.05, 0.1) is 34.9 Å². The van der Waals surface area contributed by atoms with Gasteiger partial charge in [0, 0.05) is 27.6 Å². The molecule has 0 saturated heterocycles. The molecule has 0 saturated carbocycles. The Morgan fingerprint density at radius 2 is 1.60 bits per heavy atom. The minimum Gasteiger partial charge on any atom is -0.497 e. The Morgan fingerprint density at radius 1 is 0.833 bits per heavy atom. The first kappa shape index (κ1) is 27.5. The number of halogens is 1. The van der Waals surface area contributed by atoms with Gasteiger partial charge in [-0.2, -0.15) is 0 Å². The number of hydrogen-bond donors (Lipinski definition) is 1. The second-order valence-corrected chi connectivity index (χ2v) is 10.7. The molecule has 42 heavy (non-hydrogen) atoms. The van der Waals surface area contributed by atoms with Crippen molar-refractivity contribution in [2.45, 2.75) is 32.7 Å². The van der Waals surface area contributed by atoms with Crippen LogP contribution in [0.1, 0.15) is 43.1 Å². The summed E-state index contributed by atoms with van der Waals surface area (Å²) >= 11 is 6.15. The van der Waals surface area contributed by atoms with Crippen molar-refractivity contribution in [2.24, 2.45) is 0 Å². The molecule has 6 aromatic rings. The monoisotopic (exact) mass is 575 g/mol. The van der Waals surface area contributed by atoms with Crippen LogP contribution < -0.4 is 4.74 Å². The van der Waals surface area contributed by atoms with Gasteiger partial charge in [0.1, 0.15) is 11.6 Å². The predicted molar refractivity (Wildman–Crippen MR) is 169 cm³/mol. The summed E-state index contributed by atoms with van der Waals surface area (Å²) in [5.41, 5.74) is 7.55. The van der Waals surface area contributed by atoms with Crippen LogP contribution in [-0.4, -0.2) is 32.7 Å². The molecule has 0 bridgehead atoms. The van der Waals surface area contributed by atoms with Crippen molar-refractivity contribution in [3.8, 4) is 39.5 Å². The number of fused-ring (bicyclic) bond motifs is 2. The Kier molecular flexibility index (Phi) is 7.40. The summed E-state index contributed by atoms with van der Waals surface area (Å²) in [7, 11) is 1.66. The van der Waals surface area contributed by atoms with Gasteiger partial charge in [0.2, 0.25) is 0 Å². The van der Waals surface area contributed by atoms with Crippen LogP contribution in [0.5, 0.6) is 5.75 Å². The van der Waals surface area contributed by atoms with E-state index < -0.39 is 5.97 Å². The number of aromatic nitrogens is 3. The number of carboxylic acid groups (broad SMARTS) is 1. The van der Waals surface area contributed by atoms with E-state index in [1.807, 2.05) is 66.7 Å². The molecule has 7 heteroatoms. The Hall–Kier alpha value is -4.68. The predicted octanol–water partition coefficient (Wildman–Crippen LogP) is 9.31. The maximum absolute atomic E-state index is 11.6. The number of methoxy groups -OCH3 is 1. The largest absolute Gasteiger partial charge is 0.497 e. The number of aromatic carboxylic acids is 1. The molecule has 6 nitrogen and oxygen atoms in total. The molecule has 0 unspecified atom stereocenters. The summed E-state index contributed by atoms with van der Waals surface area (Å²) in [5, 5.41) is 11.2. The third kappa shape index (κ3) is 4.99. The molecule has 0 amide bonds. The Bertz CT molecular complexity index is 1940. The highest BCUT2D eigenvalue weighted by Crippen LogP contribution is 2.37. The topological polar surface area (TPSA) is 77.2 Å². The van der Waals surface area contributed by atoms with Crippen LogP contribution in [-0.2, 0) is 0 Å². The van der Waals surface area contributed by atoms with E-state index in [4.69, 9.17) is 26.3 Å². The van der Waals surface area contributed by atoms with Crippen molar-refractivity contribution < 1.29 is 14.6 Å². The van der Waals surface area contributed by atoms with Crippen LogP contribution in [0.15, 0.2) is 91.0 Å². The van der Waals surface area contributed by atoms with E-state index in [-0.39, 0.29) is 11.6 Å². The third-order valence-corrected chi connectivity index (χ3v) is 8.10. The van der Waals surface area contributed by atoms with Gasteiger partial charge in [0.25, 0.3) is 0 Å². The number of pyridine rings is 1. The molecule has 0 aliphatic carbocycles. The van der Waals surface area contributed by atoms with E-state index in [0.717, 1.165) is 68.8 Å². The fraction of sp³-hybridized carbons (Fsp3) is 0.171. The van der Waals surface area contributed by atoms with E-state index >= 15 is 0 Å². The maximum atomic E-state index is 11.6. The summed E-state index contributed by atoms with van der Waals surface area (Å²) in [6.07, 6.45) is 1.87. The molecule has 6 rings (SSSR count). The molecule has 4 aromatic carbocycles. The zero-order valence-corrected chi connectivity index (χ0v) is 24.4. The van der Waals surface area contributed by atoms with E-state index in [0.29, 0.717) is 10.5 Å². The molecule has 0 radical (unpaired) electrons. The number of imidazole rings is 1. The highest BCUT2D eigenvalue weighted by Gasteiger charge is 2.20. The lowest BCUT2D eigenvalue weighted by atomic mass is 9.96. The van der Waals surface area contributed by atoms with Crippen LogP contribution >= 0.6 is 11.6 Å². The molecular formula is C35H30ClN3O3. The number of carboxylic acids is 1. The average Bonchev–Trinajstić information content (AvgIpc) is 3.40. The van der Waals surface area contributed by atoms with Gasteiger partial charge in [-0.3, -0.25) is 0 Å². The van der Waals surface area contributed by atoms with Gasteiger partial charge in [-0.15, -0.1) is 0 Å². The Morgan fingerprint density at radius 3 is 2.31 bits per heavy atom. The summed E-state index contributed by atoms with van der Waals surface area (Å²) in [5.74, 6) is 0.620. The summed E-state index contributed by atoms with van der Waals surface area (Å²) in [6.45, 7) is 4.33. The van der Waals surface area contributed by atoms with Crippen molar-refractivity contribution in [2.75, 3.05) is 7.11 Å². The van der Waals surface area contributed by atoms with Gasteiger partial charge >= 0.3 is 5.97 Å². The molecule has 2 aromatic heterocycles. The fourth-order valence-corrected chi connectivity index (χ4v) is 5.74. The van der Waals surface area contributed by atoms with Crippen molar-refractivity contribution in [3.05, 3.63) is 102 Å². The average molecular weight is 576 g/mol. The zero-order chi connectivity index (χ0) is 29.4. The molecule has 2 heterocycles. The van der Waals surface area contributed by atoms with Gasteiger partial charge in [-0.05, 0) is 90.7 Å². The fourth-order valence-electron chi connectivity index (χ4n) is 5.62. The van der Waals surface area contributed by atoms with Crippen LogP contribution in [0.2, 0.25) is 5.02 Å². The smallest absolute Gasteiger partial charge is 0.335 e. The van der Waals surface area contributed by atoms with Gasteiger partial charge in [0.15, 0.2) is 0 Å². The lowest BCUT2D eigenvalue weighted by molar-refractivity contribution is 0.0697. The lowest BCUT2D eigenvalue weighted by Crippen LogP contribution is -2.08. The zero-order valence-electron chi connectivity index (χ0n) is 23.6. The molecular weight excluding hydrogens is 546 g/mol. The number of rotatable bonds is 8. The second-order valence-electron chi connectivity index (χ2n) is 10.3. The molecule has 0 fully saturated rings. The lowest BCUT2D eigenvalue weighted by Gasteiger charge is -2.19. The number of benzene rings is 4. The maximum Gasteiger partial charge on any atom is 0.335 e. The summed E-state index contributed by atoms with van der Waals surface area (Å²) in [4.78, 5) is 21.6. The molecule has 0 atom stereocenters. The third-order valence-electron chi connectivity index (χ3n) is 7.85. The van der Waals surface area contributed by atoms with Gasteiger partial charge in [-0.25, -0.2) is 14.8 Å². The van der Waals surface area contributed by atoms with E-state index in [9.17, 15) is 9.90 Å². The van der Waals surface area contributed by atoms with Gasteiger partial charge < -0.3 is 14.4 Å². The first-order valence-electron chi connectivity index (χ1n) is 14.0. The normalized spacial score (nSPS) is 11.5. The van der Waals surface area contributed by atoms with Crippen LogP contribution in [0.4, 0.5) is 0 Å². The number of hydrogen-bond acceptors (Lipinski definition) is 4. The van der Waals surface area contributed by atoms with Crippen molar-refractivity contribution in [3.63, 3.8) is 0 Å². The van der Waals surface area contributed by atoms with Crippen molar-refractivity contribution >= 4 is 39.5 Å². The molecule has 0 spiro atoms. The SMILES string of the molecule is CCC(CC)n1c(-c2ccc3nc(-c4cc(OC)ccc4-c4ccc(Cl)cc4)ccc3c2)nc2cc(C(=O)O)ccc21. The van der Waals surface area contributed by atoms with Crippen LogP contribution in [0.3, 0.4) is 0 Å². The van der Waals surface area contributed by atoms with E-state index in [2.05, 4.69) is 30.5 Å². The molecule has 0 aliphatic heterocycles. The van der Waals surface area contributed by atoms with Crippen LogP contribution in [0, 0.1) is 0 Å². The van der Waals surface area contributed by atoms with Crippen molar-refractivity contribution in [1.29, 1.82) is 0 Å². The first-order chi connectivity index (χ1) is 20.4. The highest BCUT2D eigenvalue weighted by atomic mass is 35.5. The minimum atomic E-state index is -0.960. The van der Waals surface area contributed by atoms with Crippen LogP contribution in [0.25, 0.3) is 55.7 Å². The number of nitrogens with zero attached hydrogens (tertiary/aromatic N) is 3. The standard InChI is InChI=1S/C35H30ClN3O3/c1-4-26(5-2)39-33-17-10-24(35(40)41)19-32(33)38-34(39)23-9-15-30-22(18-23)8-16-31(37-30)29-20-27(42-3)13-14-28(29)21-6-11-25(36)12-7-21/h6-20,26H,4-5H2,1-3H3,(H,40,41). The van der Waals surface area contributed by atoms with E-state index in [1.54, 1.807) is 19.2 Å². The first-order valence-corrected chi connectivity index (χ1v) is 14.4. The molecule has 0 aliphatic rings. The Balaban J connectivity index is 1.47. The van der Waals surface area contributed by atoms with Gasteiger partial charge in [-0.1, -0.05) is 49.7 Å². The Labute approximate surface area is 249 Å². The summed E-state index contributed by atoms with van der Waals surface area (Å²) < 4.78 is 7.79. The van der Waals surface area contributed by atoms with E-state index in [1.165, 1.54) is 0 Å². The molecule has 210 valence electrons. The molecule has 1 N–H and O–H groups in total.